The van der Waals surface area contributed by atoms with Crippen LogP contribution in [0.1, 0.15) is 30.9 Å². The zero-order valence-corrected chi connectivity index (χ0v) is 14.5. The number of benzene rings is 1. The van der Waals surface area contributed by atoms with Gasteiger partial charge in [-0.1, -0.05) is 12.1 Å². The summed E-state index contributed by atoms with van der Waals surface area (Å²) in [7, 11) is 4.12. The summed E-state index contributed by atoms with van der Waals surface area (Å²) in [6, 6.07) is 8.90. The summed E-state index contributed by atoms with van der Waals surface area (Å²) in [5, 5.41) is 2.57. The summed E-state index contributed by atoms with van der Waals surface area (Å²) < 4.78 is 0. The van der Waals surface area contributed by atoms with Gasteiger partial charge in [0.25, 0.3) is 0 Å². The molecule has 24 heavy (non-hydrogen) atoms. The zero-order chi connectivity index (χ0) is 17.1. The Balaban J connectivity index is 1.58. The lowest BCUT2D eigenvalue weighted by molar-refractivity contribution is -0.125. The van der Waals surface area contributed by atoms with Crippen molar-refractivity contribution in [3.63, 3.8) is 0 Å². The minimum atomic E-state index is -0.253. The molecule has 0 aliphatic carbocycles. The topological polar surface area (TPSA) is 55.9 Å². The molecule has 2 aliphatic heterocycles. The first-order valence-corrected chi connectivity index (χ1v) is 8.66. The highest BCUT2D eigenvalue weighted by Crippen LogP contribution is 2.33. The van der Waals surface area contributed by atoms with Crippen molar-refractivity contribution in [2.24, 2.45) is 0 Å². The number of nitrogens with one attached hydrogen (secondary N) is 1. The molecule has 2 saturated heterocycles. The van der Waals surface area contributed by atoms with Crippen LogP contribution in [0.3, 0.4) is 0 Å². The van der Waals surface area contributed by atoms with Crippen molar-refractivity contribution in [2.45, 2.75) is 25.3 Å². The minimum Gasteiger partial charge on any atom is -0.378 e. The van der Waals surface area contributed by atoms with Crippen LogP contribution in [0.4, 0.5) is 10.5 Å². The number of hydrogen-bond donors (Lipinski definition) is 1. The number of anilines is 1. The molecule has 2 aliphatic rings. The molecule has 0 radical (unpaired) electrons. The van der Waals surface area contributed by atoms with Crippen LogP contribution in [0.5, 0.6) is 0 Å². The maximum atomic E-state index is 11.6. The molecule has 0 bridgehead atoms. The number of hydrogen-bond acceptors (Lipinski definition) is 4. The van der Waals surface area contributed by atoms with Gasteiger partial charge < -0.3 is 10.2 Å². The minimum absolute atomic E-state index is 0.114. The summed E-state index contributed by atoms with van der Waals surface area (Å²) in [6.45, 7) is 2.64. The van der Waals surface area contributed by atoms with E-state index in [1.54, 1.807) is 0 Å². The Morgan fingerprint density at radius 3 is 2.79 bits per heavy atom. The Hall–Kier alpha value is -2.08. The second-order valence-electron chi connectivity index (χ2n) is 6.74. The van der Waals surface area contributed by atoms with Crippen molar-refractivity contribution in [2.75, 3.05) is 45.2 Å². The molecule has 1 N–H and O–H groups in total. The lowest BCUT2D eigenvalue weighted by Crippen LogP contribution is -2.34. The summed E-state index contributed by atoms with van der Waals surface area (Å²) in [5.41, 5.74) is 2.58. The van der Waals surface area contributed by atoms with Gasteiger partial charge in [0.2, 0.25) is 5.91 Å². The summed E-state index contributed by atoms with van der Waals surface area (Å²) >= 11 is 0. The van der Waals surface area contributed by atoms with E-state index in [0.29, 0.717) is 12.6 Å². The smallest absolute Gasteiger partial charge is 0.324 e. The predicted molar refractivity (Wildman–Crippen MR) is 94.0 cm³/mol. The van der Waals surface area contributed by atoms with Gasteiger partial charge in [0.1, 0.15) is 0 Å². The average molecular weight is 330 g/mol. The van der Waals surface area contributed by atoms with Crippen LogP contribution in [0, 0.1) is 0 Å². The standard InChI is InChI=1S/C18H26N4O2/c1-20(2)15-7-3-6-14(12-15)16-8-4-9-21(16)10-5-11-22-17(23)13-19-18(22)24/h3,6-7,12,16H,4-5,8-11,13H2,1-2H3,(H,19,24)/t16-/m0/s1. The fourth-order valence-corrected chi connectivity index (χ4v) is 3.60. The lowest BCUT2D eigenvalue weighted by atomic mass is 10.0. The van der Waals surface area contributed by atoms with Gasteiger partial charge in [-0.25, -0.2) is 4.79 Å². The highest BCUT2D eigenvalue weighted by Gasteiger charge is 2.29. The maximum Gasteiger partial charge on any atom is 0.324 e. The second-order valence-corrected chi connectivity index (χ2v) is 6.74. The highest BCUT2D eigenvalue weighted by atomic mass is 16.2. The quantitative estimate of drug-likeness (QED) is 0.809. The molecule has 2 heterocycles. The largest absolute Gasteiger partial charge is 0.378 e. The molecule has 0 saturated carbocycles. The average Bonchev–Trinajstić information content (AvgIpc) is 3.16. The van der Waals surface area contributed by atoms with E-state index >= 15 is 0 Å². The van der Waals surface area contributed by atoms with Crippen molar-refractivity contribution in [1.82, 2.24) is 15.1 Å². The molecule has 0 unspecified atom stereocenters. The van der Waals surface area contributed by atoms with Gasteiger partial charge in [0, 0.05) is 38.9 Å². The zero-order valence-electron chi connectivity index (χ0n) is 14.5. The van der Waals surface area contributed by atoms with Crippen LogP contribution in [-0.2, 0) is 4.79 Å². The Bertz CT molecular complexity index is 601. The third kappa shape index (κ3) is 3.53. The van der Waals surface area contributed by atoms with E-state index in [-0.39, 0.29) is 18.5 Å². The van der Waals surface area contributed by atoms with Crippen molar-refractivity contribution >= 4 is 17.6 Å². The Morgan fingerprint density at radius 2 is 2.08 bits per heavy atom. The third-order valence-electron chi connectivity index (χ3n) is 4.90. The van der Waals surface area contributed by atoms with Crippen molar-refractivity contribution in [3.8, 4) is 0 Å². The monoisotopic (exact) mass is 330 g/mol. The molecule has 6 heteroatoms. The van der Waals surface area contributed by atoms with Gasteiger partial charge in [-0.15, -0.1) is 0 Å². The Morgan fingerprint density at radius 1 is 1.25 bits per heavy atom. The number of imide groups is 1. The molecular weight excluding hydrogens is 304 g/mol. The van der Waals surface area contributed by atoms with Gasteiger partial charge in [0.05, 0.1) is 6.54 Å². The van der Waals surface area contributed by atoms with Gasteiger partial charge in [-0.3, -0.25) is 14.6 Å². The molecule has 0 spiro atoms. The predicted octanol–water partition coefficient (Wildman–Crippen LogP) is 1.83. The molecule has 3 amide bonds. The first-order chi connectivity index (χ1) is 11.6. The van der Waals surface area contributed by atoms with E-state index in [1.165, 1.54) is 29.0 Å². The van der Waals surface area contributed by atoms with Crippen LogP contribution in [0.15, 0.2) is 24.3 Å². The van der Waals surface area contributed by atoms with Crippen molar-refractivity contribution < 1.29 is 9.59 Å². The van der Waals surface area contributed by atoms with E-state index in [9.17, 15) is 9.59 Å². The molecule has 3 rings (SSSR count). The van der Waals surface area contributed by atoms with E-state index in [0.717, 1.165) is 19.5 Å². The van der Waals surface area contributed by atoms with E-state index < -0.39 is 0 Å². The van der Waals surface area contributed by atoms with Crippen LogP contribution < -0.4 is 10.2 Å². The van der Waals surface area contributed by atoms with Crippen LogP contribution in [-0.4, -0.2) is 62.0 Å². The molecule has 1 atom stereocenters. The first kappa shape index (κ1) is 16.8. The highest BCUT2D eigenvalue weighted by molar-refractivity contribution is 6.01. The fraction of sp³-hybridized carbons (Fsp3) is 0.556. The number of urea groups is 1. The maximum absolute atomic E-state index is 11.6. The van der Waals surface area contributed by atoms with E-state index in [2.05, 4.69) is 53.5 Å². The number of nitrogens with zero attached hydrogens (tertiary/aromatic N) is 3. The van der Waals surface area contributed by atoms with Crippen LogP contribution >= 0.6 is 0 Å². The molecule has 6 nitrogen and oxygen atoms in total. The van der Waals surface area contributed by atoms with Gasteiger partial charge in [0.15, 0.2) is 0 Å². The van der Waals surface area contributed by atoms with Crippen molar-refractivity contribution in [3.05, 3.63) is 29.8 Å². The van der Waals surface area contributed by atoms with Gasteiger partial charge in [-0.05, 0) is 43.5 Å². The SMILES string of the molecule is CN(C)c1cccc([C@@H]2CCCN2CCCN2C(=O)CNC2=O)c1. The fourth-order valence-electron chi connectivity index (χ4n) is 3.60. The number of rotatable bonds is 6. The van der Waals surface area contributed by atoms with Gasteiger partial charge >= 0.3 is 6.03 Å². The molecule has 1 aromatic carbocycles. The molecular formula is C18H26N4O2. The molecule has 130 valence electrons. The van der Waals surface area contributed by atoms with E-state index in [4.69, 9.17) is 0 Å². The third-order valence-corrected chi connectivity index (χ3v) is 4.90. The van der Waals surface area contributed by atoms with Crippen LogP contribution in [0.2, 0.25) is 0 Å². The second kappa shape index (κ2) is 7.21. The molecule has 0 aromatic heterocycles. The summed E-state index contributed by atoms with van der Waals surface area (Å²) in [6.07, 6.45) is 3.18. The Kier molecular flexibility index (Phi) is 5.04. The lowest BCUT2D eigenvalue weighted by Gasteiger charge is -2.26. The number of amides is 3. The molecule has 1 aromatic rings. The number of likely N-dealkylation sites (tertiary alicyclic amines) is 1. The van der Waals surface area contributed by atoms with Gasteiger partial charge in [-0.2, -0.15) is 0 Å². The Labute approximate surface area is 143 Å². The first-order valence-electron chi connectivity index (χ1n) is 8.66. The van der Waals surface area contributed by atoms with Crippen molar-refractivity contribution in [1.29, 1.82) is 0 Å². The number of carbonyl (C=O) groups is 2. The summed E-state index contributed by atoms with van der Waals surface area (Å²) in [5.74, 6) is -0.114. The van der Waals surface area contributed by atoms with Crippen LogP contribution in [0.25, 0.3) is 0 Å². The summed E-state index contributed by atoms with van der Waals surface area (Å²) in [4.78, 5) is 29.1. The normalized spacial score (nSPS) is 21.4. The van der Waals surface area contributed by atoms with E-state index in [1.807, 2.05) is 0 Å². The molecule has 2 fully saturated rings. The number of carbonyl (C=O) groups excluding carboxylic acids is 2.